The molecule has 16 heteroatoms. The highest BCUT2D eigenvalue weighted by molar-refractivity contribution is 6.21. The summed E-state index contributed by atoms with van der Waals surface area (Å²) in [5.74, 6) is -4.17. The van der Waals surface area contributed by atoms with Crippen molar-refractivity contribution in [3.8, 4) is 0 Å². The first-order chi connectivity index (χ1) is 34.0. The standard InChI is InChI=1S/C55H85ClO15/c1-33-18-22-53-24-20-43(60-6)50(70-53)51-49(68-52(4,5)69-51)34(2)16-17-42-48(56)46(61-7)30-54(65-42)23-19-35(3)55(71-54)31-45(41(67-55)21-25-62-32-36-12-9-8-10-13-36)64-47(59)29-40-15-11-14-39(63-40)27-37(57)26-38(58)28-44(33)66-53/h8-10,12-13,33-35,37-46,48-51,57-58H,11,14-32H2,1-7H3/t33-,34-,35-,37-,38-,39-,40+,41-,42+,43-,44+,45-,46+,48+,49-,50-,51-,53-,54+,55+/m0/s1. The number of fused-ring (bicyclic) bond motifs is 8. The van der Waals surface area contributed by atoms with Gasteiger partial charge in [0.05, 0.1) is 73.3 Å². The first-order valence-corrected chi connectivity index (χ1v) is 27.7. The van der Waals surface area contributed by atoms with Gasteiger partial charge in [0.1, 0.15) is 24.4 Å². The Kier molecular flexibility index (Phi) is 17.6. The first-order valence-electron chi connectivity index (χ1n) is 27.3. The number of esters is 1. The molecule has 3 spiro atoms. The van der Waals surface area contributed by atoms with Crippen LogP contribution in [0.5, 0.6) is 0 Å². The van der Waals surface area contributed by atoms with E-state index in [1.165, 1.54) is 0 Å². The van der Waals surface area contributed by atoms with E-state index in [0.29, 0.717) is 90.3 Å². The number of methoxy groups -OCH3 is 2. The summed E-state index contributed by atoms with van der Waals surface area (Å²) in [5.41, 5.74) is 1.07. The second-order valence-corrected chi connectivity index (χ2v) is 23.7. The summed E-state index contributed by atoms with van der Waals surface area (Å²) < 4.78 is 80.5. The number of benzene rings is 1. The molecule has 402 valence electrons. The minimum Gasteiger partial charge on any atom is -0.459 e. The number of rotatable bonds is 7. The molecule has 8 fully saturated rings. The zero-order valence-corrected chi connectivity index (χ0v) is 44.2. The van der Waals surface area contributed by atoms with Crippen molar-refractivity contribution in [1.82, 2.24) is 0 Å². The van der Waals surface area contributed by atoms with Gasteiger partial charge in [0.2, 0.25) is 0 Å². The molecule has 9 bridgehead atoms. The fourth-order valence-corrected chi connectivity index (χ4v) is 13.7. The molecule has 0 radical (unpaired) electrons. The third-order valence-corrected chi connectivity index (χ3v) is 17.9. The van der Waals surface area contributed by atoms with Crippen LogP contribution in [0.3, 0.4) is 0 Å². The Balaban J connectivity index is 0.983. The second-order valence-electron chi connectivity index (χ2n) is 23.2. The van der Waals surface area contributed by atoms with Crippen LogP contribution in [0.2, 0.25) is 0 Å². The Morgan fingerprint density at radius 1 is 0.690 bits per heavy atom. The molecule has 0 saturated carbocycles. The van der Waals surface area contributed by atoms with Gasteiger partial charge in [0.15, 0.2) is 23.1 Å². The molecule has 8 heterocycles. The summed E-state index contributed by atoms with van der Waals surface area (Å²) >= 11 is 7.32. The Labute approximate surface area is 427 Å². The molecular weight excluding hydrogens is 936 g/mol. The molecule has 9 rings (SSSR count). The summed E-state index contributed by atoms with van der Waals surface area (Å²) in [6.45, 7) is 11.2. The number of carbonyl (C=O) groups excluding carboxylic acids is 1. The van der Waals surface area contributed by atoms with Gasteiger partial charge in [0.25, 0.3) is 0 Å². The normalized spacial score (nSPS) is 46.8. The number of aliphatic hydroxyl groups excluding tert-OH is 2. The van der Waals surface area contributed by atoms with Gasteiger partial charge >= 0.3 is 5.97 Å². The fourth-order valence-electron chi connectivity index (χ4n) is 13.3. The molecule has 2 N–H and O–H groups in total. The molecule has 8 saturated heterocycles. The molecule has 0 aromatic heterocycles. The van der Waals surface area contributed by atoms with Crippen LogP contribution in [0.25, 0.3) is 0 Å². The van der Waals surface area contributed by atoms with Crippen molar-refractivity contribution in [2.24, 2.45) is 17.8 Å². The van der Waals surface area contributed by atoms with Crippen molar-refractivity contribution >= 4 is 17.6 Å². The Morgan fingerprint density at radius 3 is 2.20 bits per heavy atom. The highest BCUT2D eigenvalue weighted by atomic mass is 35.5. The molecule has 1 aromatic carbocycles. The second kappa shape index (κ2) is 23.0. The fraction of sp³-hybridized carbons (Fsp3) is 0.873. The van der Waals surface area contributed by atoms with Crippen LogP contribution in [0.15, 0.2) is 30.3 Å². The topological polar surface area (TPSA) is 168 Å². The van der Waals surface area contributed by atoms with E-state index in [1.54, 1.807) is 14.2 Å². The van der Waals surface area contributed by atoms with Gasteiger partial charge in [-0.05, 0) is 102 Å². The van der Waals surface area contributed by atoms with Gasteiger partial charge < -0.3 is 67.1 Å². The van der Waals surface area contributed by atoms with Gasteiger partial charge in [-0.25, -0.2) is 0 Å². The van der Waals surface area contributed by atoms with Crippen LogP contribution in [0.1, 0.15) is 156 Å². The van der Waals surface area contributed by atoms with Crippen LogP contribution >= 0.6 is 11.6 Å². The molecule has 15 nitrogen and oxygen atoms in total. The Bertz CT molecular complexity index is 1880. The lowest BCUT2D eigenvalue weighted by atomic mass is 9.81. The number of hydrogen-bond acceptors (Lipinski definition) is 15. The van der Waals surface area contributed by atoms with Crippen molar-refractivity contribution < 1.29 is 71.8 Å². The molecule has 0 aliphatic carbocycles. The van der Waals surface area contributed by atoms with Crippen LogP contribution in [-0.4, -0.2) is 145 Å². The van der Waals surface area contributed by atoms with Crippen LogP contribution < -0.4 is 0 Å². The molecule has 8 aliphatic rings. The SMILES string of the molecule is CO[C@H]1CC[C@]23CC[C@H](C)[C@@H](C[C@@H](O)C[C@H](O)C[C@@H]4CCC[C@H](CC(=O)O[C@H]5C[C@@]6(O[C@H]5CCOCc5ccccc5)O[C@]5(CC[C@@H]6C)C[C@@H](OC)[C@H](Cl)[C@@H](CC[C@H](C)[C@@H]6OC(C)(C)O[C@@H]6[C@H]1O2)O5)O4)O3. The molecule has 0 amide bonds. The minimum absolute atomic E-state index is 0.0115. The van der Waals surface area contributed by atoms with Crippen molar-refractivity contribution in [3.05, 3.63) is 35.9 Å². The highest BCUT2D eigenvalue weighted by Crippen LogP contribution is 2.54. The third-order valence-electron chi connectivity index (χ3n) is 17.3. The van der Waals surface area contributed by atoms with E-state index in [9.17, 15) is 15.0 Å². The van der Waals surface area contributed by atoms with E-state index < -0.39 is 71.3 Å². The molecule has 1 aromatic rings. The summed E-state index contributed by atoms with van der Waals surface area (Å²) in [6, 6.07) is 10.0. The van der Waals surface area contributed by atoms with Crippen LogP contribution in [0, 0.1) is 17.8 Å². The lowest BCUT2D eigenvalue weighted by molar-refractivity contribution is -0.414. The summed E-state index contributed by atoms with van der Waals surface area (Å²) in [5, 5.41) is 22.4. The van der Waals surface area contributed by atoms with Crippen LogP contribution in [-0.2, 0) is 68.2 Å². The van der Waals surface area contributed by atoms with E-state index >= 15 is 0 Å². The van der Waals surface area contributed by atoms with Gasteiger partial charge in [-0.15, -0.1) is 11.6 Å². The van der Waals surface area contributed by atoms with Gasteiger partial charge in [-0.2, -0.15) is 0 Å². The molecule has 8 aliphatic heterocycles. The monoisotopic (exact) mass is 1020 g/mol. The number of carbonyl (C=O) groups is 1. The predicted molar refractivity (Wildman–Crippen MR) is 261 cm³/mol. The highest BCUT2D eigenvalue weighted by Gasteiger charge is 2.62. The molecule has 0 unspecified atom stereocenters. The number of ether oxygens (including phenoxy) is 12. The summed E-state index contributed by atoms with van der Waals surface area (Å²) in [7, 11) is 3.42. The summed E-state index contributed by atoms with van der Waals surface area (Å²) in [4.78, 5) is 14.0. The van der Waals surface area contributed by atoms with Crippen LogP contribution in [0.4, 0.5) is 0 Å². The van der Waals surface area contributed by atoms with Crippen molar-refractivity contribution in [1.29, 1.82) is 0 Å². The predicted octanol–water partition coefficient (Wildman–Crippen LogP) is 8.42. The molecule has 71 heavy (non-hydrogen) atoms. The van der Waals surface area contributed by atoms with E-state index in [-0.39, 0.29) is 73.2 Å². The quantitative estimate of drug-likeness (QED) is 0.152. The van der Waals surface area contributed by atoms with E-state index in [2.05, 4.69) is 20.8 Å². The number of alkyl halides is 1. The Morgan fingerprint density at radius 2 is 1.41 bits per heavy atom. The maximum absolute atomic E-state index is 14.0. The lowest BCUT2D eigenvalue weighted by Crippen LogP contribution is -2.61. The molecular formula is C55H85ClO15. The first kappa shape index (κ1) is 54.3. The number of hydrogen-bond donors (Lipinski definition) is 2. The van der Waals surface area contributed by atoms with Crippen molar-refractivity contribution in [3.63, 3.8) is 0 Å². The number of halogens is 1. The van der Waals surface area contributed by atoms with E-state index in [0.717, 1.165) is 31.2 Å². The average Bonchev–Trinajstić information content (AvgIpc) is 3.85. The third kappa shape index (κ3) is 12.7. The van der Waals surface area contributed by atoms with Gasteiger partial charge in [-0.3, -0.25) is 4.79 Å². The Hall–Kier alpha value is -1.54. The summed E-state index contributed by atoms with van der Waals surface area (Å²) in [6.07, 6.45) is 4.22. The minimum atomic E-state index is -1.11. The smallest absolute Gasteiger partial charge is 0.308 e. The lowest BCUT2D eigenvalue weighted by Gasteiger charge is -2.54. The zero-order valence-electron chi connectivity index (χ0n) is 43.4. The van der Waals surface area contributed by atoms with Gasteiger partial charge in [-0.1, -0.05) is 51.1 Å². The van der Waals surface area contributed by atoms with E-state index in [4.69, 9.17) is 68.4 Å². The maximum Gasteiger partial charge on any atom is 0.308 e. The van der Waals surface area contributed by atoms with Crippen molar-refractivity contribution in [2.75, 3.05) is 20.8 Å². The number of aliphatic hydroxyl groups is 2. The van der Waals surface area contributed by atoms with E-state index in [1.807, 2.05) is 44.2 Å². The molecule has 20 atom stereocenters. The average molecular weight is 1020 g/mol. The maximum atomic E-state index is 14.0. The zero-order chi connectivity index (χ0) is 50.1. The van der Waals surface area contributed by atoms with Crippen molar-refractivity contribution in [2.45, 2.75) is 265 Å². The largest absolute Gasteiger partial charge is 0.459 e. The van der Waals surface area contributed by atoms with Gasteiger partial charge in [0, 0.05) is 65.3 Å².